The van der Waals surface area contributed by atoms with Crippen molar-refractivity contribution in [1.29, 1.82) is 0 Å². The Morgan fingerprint density at radius 1 is 0.346 bits per heavy atom. The molecule has 0 bridgehead atoms. The number of benzene rings is 4. The number of aromatic nitrogens is 16. The number of aryl methyl sites for hydroxylation is 2. The SMILES string of the molecule is CCOc1c(C(C)c2nc(Br)c3c(N)nccn23)cc(Cl)c(C)c1-c1ccc(OCCOC)nc1.CCOc1c(C(C)c2nc(C)c3c(N)nccn23)cc(Cl)c(C)c1-c1ccc(C)nc1.CCOc1c(C(C)c2nc(Cl)c3c(N)nccn23)cc(Cl)c(C)c1-c1ccc(OC)nc1.CCOc1c(C(C)c2nc(Cl)c3c(N)nccn23)cc(Cl)c(C)c1-c1ccc(OCCOC)nc1. The van der Waals surface area contributed by atoms with E-state index in [-0.39, 0.29) is 23.7 Å². The Morgan fingerprint density at radius 2 is 0.639 bits per heavy atom. The average molecular weight is 1990 g/mol. The van der Waals surface area contributed by atoms with Crippen molar-refractivity contribution < 1.29 is 42.6 Å². The summed E-state index contributed by atoms with van der Waals surface area (Å²) < 4.78 is 59.6. The van der Waals surface area contributed by atoms with Crippen molar-refractivity contribution >= 4 is 131 Å². The first-order chi connectivity index (χ1) is 63.9. The molecule has 16 rings (SSSR count). The van der Waals surface area contributed by atoms with E-state index < -0.39 is 0 Å². The normalized spacial score (nSPS) is 12.2. The molecule has 8 N–H and O–H groups in total. The van der Waals surface area contributed by atoms with Crippen LogP contribution >= 0.6 is 85.5 Å². The summed E-state index contributed by atoms with van der Waals surface area (Å²) in [4.78, 5) is 53.2. The number of nitrogen functional groups attached to an aromatic ring is 4. The third kappa shape index (κ3) is 20.7. The predicted octanol–water partition coefficient (Wildman–Crippen LogP) is 22.3. The molecule has 16 aromatic rings. The standard InChI is InChI=1S/C25H27BrClN5O3.C25H27Cl2N5O3.C24H26ClN5O.C23H23Cl2N5O2/c1-5-34-22-17(14(2)25-31-23(26)21-24(28)29-8-9-32(21)25)12-18(27)15(3)20(22)16-6-7-19(30-13-16)35-11-10-33-4;1-5-34-22-17(14(2)25-31-23(27)21-24(28)29-8-9-32(21)25)12-18(26)15(3)20(22)16-6-7-19(30-13-16)35-11-10-33-4;1-6-31-22-18(11-19(25)15(4)20(22)17-8-7-13(2)28-12-17)14(3)24-29-16(5)21-23(26)27-9-10-30(21)24;1-5-32-20-15(12(2)23-29-21(25)19-22(26)27-8-9-30(19)23)10-16(24)13(3)18(20)14-6-7-17(31-4)28-11-14/h2*6-9,12-14H,5,10-11H2,1-4H3,(H2,28,29);7-12,14H,6H2,1-5H3,(H2,26,27);6-12H,5H2,1-4H3,(H2,26,27). The van der Waals surface area contributed by atoms with Crippen LogP contribution in [0.25, 0.3) is 66.6 Å². The minimum atomic E-state index is -0.222. The fraction of sp³-hybridized carbons (Fsp3) is 0.299. The van der Waals surface area contributed by atoms with E-state index in [1.54, 1.807) is 77.1 Å². The number of anilines is 4. The molecule has 0 saturated heterocycles. The second-order valence-electron chi connectivity index (χ2n) is 30.9. The Morgan fingerprint density at radius 3 is 0.947 bits per heavy atom. The van der Waals surface area contributed by atoms with Crippen molar-refractivity contribution in [3.8, 4) is 85.1 Å². The van der Waals surface area contributed by atoms with Crippen LogP contribution in [-0.4, -0.2) is 152 Å². The molecule has 29 nitrogen and oxygen atoms in total. The zero-order valence-electron chi connectivity index (χ0n) is 76.6. The molecule has 0 fully saturated rings. The third-order valence-electron chi connectivity index (χ3n) is 22.6. The molecular weight excluding hydrogens is 1880 g/mol. The monoisotopic (exact) mass is 1980 g/mol. The number of hydrogen-bond donors (Lipinski definition) is 4. The first kappa shape index (κ1) is 98.4. The van der Waals surface area contributed by atoms with E-state index in [0.29, 0.717) is 157 Å². The summed E-state index contributed by atoms with van der Waals surface area (Å²) in [5.74, 6) is 8.41. The van der Waals surface area contributed by atoms with Crippen LogP contribution in [0.5, 0.6) is 40.6 Å². The van der Waals surface area contributed by atoms with E-state index in [1.807, 2.05) is 186 Å². The number of hydrogen-bond acceptors (Lipinski definition) is 25. The quantitative estimate of drug-likeness (QED) is 0.0316. The lowest BCUT2D eigenvalue weighted by Crippen LogP contribution is -2.09. The van der Waals surface area contributed by atoms with Gasteiger partial charge in [-0.2, -0.15) is 0 Å². The number of halogens is 7. The summed E-state index contributed by atoms with van der Waals surface area (Å²) in [5, 5.41) is 3.13. The second-order valence-corrected chi connectivity index (χ2v) is 34.0. The molecule has 694 valence electrons. The Kier molecular flexibility index (Phi) is 32.3. The summed E-state index contributed by atoms with van der Waals surface area (Å²) in [7, 11) is 4.84. The van der Waals surface area contributed by atoms with Gasteiger partial charge in [-0.05, 0) is 156 Å². The van der Waals surface area contributed by atoms with Crippen molar-refractivity contribution in [3.63, 3.8) is 0 Å². The predicted molar refractivity (Wildman–Crippen MR) is 531 cm³/mol. The van der Waals surface area contributed by atoms with Crippen molar-refractivity contribution in [3.05, 3.63) is 261 Å². The number of ether oxygens (including phenoxy) is 9. The van der Waals surface area contributed by atoms with Gasteiger partial charge in [0.1, 0.15) is 92.0 Å². The number of methoxy groups -OCH3 is 3. The third-order valence-corrected chi connectivity index (χ3v) is 25.3. The van der Waals surface area contributed by atoms with Crippen LogP contribution in [0.1, 0.15) is 158 Å². The van der Waals surface area contributed by atoms with E-state index >= 15 is 0 Å². The lowest BCUT2D eigenvalue weighted by Gasteiger charge is -2.22. The largest absolute Gasteiger partial charge is 0.493 e. The lowest BCUT2D eigenvalue weighted by atomic mass is 9.91. The molecule has 0 aliphatic rings. The maximum Gasteiger partial charge on any atom is 0.213 e. The molecule has 133 heavy (non-hydrogen) atoms. The molecule has 12 heterocycles. The minimum absolute atomic E-state index is 0.0974. The lowest BCUT2D eigenvalue weighted by molar-refractivity contribution is 0.144. The summed E-state index contributed by atoms with van der Waals surface area (Å²) >= 11 is 43.3. The van der Waals surface area contributed by atoms with Gasteiger partial charge in [-0.25, -0.2) is 54.8 Å². The zero-order chi connectivity index (χ0) is 95.5. The number of nitrogens with two attached hydrogens (primary N) is 4. The molecular formula is C97H103BrCl6N20O9. The van der Waals surface area contributed by atoms with Crippen molar-refractivity contribution in [2.45, 2.75) is 121 Å². The minimum Gasteiger partial charge on any atom is -0.493 e. The molecule has 0 aliphatic heterocycles. The van der Waals surface area contributed by atoms with Crippen LogP contribution in [0.4, 0.5) is 23.3 Å². The molecule has 4 aromatic carbocycles. The topological polar surface area (TPSA) is 359 Å². The van der Waals surface area contributed by atoms with Gasteiger partial charge in [-0.1, -0.05) is 103 Å². The molecule has 0 spiro atoms. The van der Waals surface area contributed by atoms with Gasteiger partial charge in [0.15, 0.2) is 27.8 Å². The Labute approximate surface area is 809 Å². The van der Waals surface area contributed by atoms with Crippen LogP contribution in [0.2, 0.25) is 30.4 Å². The van der Waals surface area contributed by atoms with Gasteiger partial charge in [-0.3, -0.25) is 22.6 Å². The van der Waals surface area contributed by atoms with Gasteiger partial charge in [0, 0.05) is 223 Å². The summed E-state index contributed by atoms with van der Waals surface area (Å²) in [6.07, 6.45) is 21.1. The number of rotatable bonds is 29. The Bertz CT molecular complexity index is 6660. The van der Waals surface area contributed by atoms with Crippen molar-refractivity contribution in [1.82, 2.24) is 77.4 Å². The average Bonchev–Trinajstić information content (AvgIpc) is 1.38. The van der Waals surface area contributed by atoms with Gasteiger partial charge in [0.25, 0.3) is 0 Å². The second kappa shape index (κ2) is 43.7. The number of fused-ring (bicyclic) bond motifs is 4. The highest BCUT2D eigenvalue weighted by atomic mass is 79.9. The fourth-order valence-electron chi connectivity index (χ4n) is 16.0. The molecule has 4 unspecified atom stereocenters. The van der Waals surface area contributed by atoms with Crippen LogP contribution in [0.3, 0.4) is 0 Å². The van der Waals surface area contributed by atoms with Crippen molar-refractivity contribution in [2.75, 3.05) is 97.1 Å². The van der Waals surface area contributed by atoms with Gasteiger partial charge >= 0.3 is 0 Å². The molecule has 0 aliphatic carbocycles. The van der Waals surface area contributed by atoms with Gasteiger partial charge in [-0.15, -0.1) is 0 Å². The summed E-state index contributed by atoms with van der Waals surface area (Å²) in [5.41, 5.74) is 43.3. The summed E-state index contributed by atoms with van der Waals surface area (Å²) in [6.45, 7) is 31.7. The smallest absolute Gasteiger partial charge is 0.213 e. The zero-order valence-corrected chi connectivity index (χ0v) is 82.7. The van der Waals surface area contributed by atoms with Gasteiger partial charge in [0.2, 0.25) is 17.6 Å². The Hall–Kier alpha value is -12.1. The number of pyridine rings is 4. The molecule has 0 amide bonds. The highest BCUT2D eigenvalue weighted by Crippen LogP contribution is 2.51. The molecule has 0 saturated carbocycles. The summed E-state index contributed by atoms with van der Waals surface area (Å²) in [6, 6.07) is 23.1. The number of nitrogens with zero attached hydrogens (tertiary/aromatic N) is 16. The van der Waals surface area contributed by atoms with Crippen LogP contribution < -0.4 is 56.1 Å². The fourth-order valence-corrected chi connectivity index (χ4v) is 18.0. The molecule has 12 aromatic heterocycles. The van der Waals surface area contributed by atoms with E-state index in [1.165, 1.54) is 0 Å². The number of imidazole rings is 4. The van der Waals surface area contributed by atoms with Crippen LogP contribution in [0, 0.1) is 41.5 Å². The molecule has 4 atom stereocenters. The molecule has 36 heteroatoms. The van der Waals surface area contributed by atoms with Crippen LogP contribution in [0.15, 0.2) is 152 Å². The van der Waals surface area contributed by atoms with E-state index in [4.69, 9.17) is 145 Å². The van der Waals surface area contributed by atoms with Crippen molar-refractivity contribution in [2.24, 2.45) is 0 Å². The molecule has 0 radical (unpaired) electrons. The van der Waals surface area contributed by atoms with E-state index in [9.17, 15) is 0 Å². The van der Waals surface area contributed by atoms with E-state index in [0.717, 1.165) is 140 Å². The maximum atomic E-state index is 6.76. The Balaban J connectivity index is 0.000000151. The van der Waals surface area contributed by atoms with Crippen LogP contribution in [-0.2, 0) is 9.47 Å². The van der Waals surface area contributed by atoms with E-state index in [2.05, 4.69) is 85.7 Å². The first-order valence-corrected chi connectivity index (χ1v) is 45.9. The highest BCUT2D eigenvalue weighted by molar-refractivity contribution is 9.10. The first-order valence-electron chi connectivity index (χ1n) is 42.8. The highest BCUT2D eigenvalue weighted by Gasteiger charge is 2.33. The van der Waals surface area contributed by atoms with Gasteiger partial charge < -0.3 is 65.6 Å². The maximum absolute atomic E-state index is 6.76. The van der Waals surface area contributed by atoms with Gasteiger partial charge in [0.05, 0.1) is 52.4 Å².